The lowest BCUT2D eigenvalue weighted by Gasteiger charge is -2.18. The fourth-order valence-electron chi connectivity index (χ4n) is 1.80. The number of rotatable bonds is 6. The van der Waals surface area contributed by atoms with E-state index in [2.05, 4.69) is 25.2 Å². The SMILES string of the molecule is Cc1nc(Nc2cc[nH]c2)cc(N(C)CCCN)n1. The van der Waals surface area contributed by atoms with E-state index in [1.54, 1.807) is 0 Å². The molecule has 0 aliphatic rings. The third kappa shape index (κ3) is 3.69. The number of H-pyrrole nitrogens is 1. The van der Waals surface area contributed by atoms with Crippen LogP contribution in [0.4, 0.5) is 17.3 Å². The maximum absolute atomic E-state index is 5.53. The Labute approximate surface area is 113 Å². The molecule has 0 aliphatic heterocycles. The van der Waals surface area contributed by atoms with Crippen LogP contribution in [0.25, 0.3) is 0 Å². The highest BCUT2D eigenvalue weighted by Crippen LogP contribution is 2.18. The molecule has 2 rings (SSSR count). The minimum atomic E-state index is 0.683. The number of aryl methyl sites for hydroxylation is 1. The van der Waals surface area contributed by atoms with Gasteiger partial charge in [0.15, 0.2) is 0 Å². The molecule has 2 aromatic heterocycles. The number of hydrogen-bond acceptors (Lipinski definition) is 5. The summed E-state index contributed by atoms with van der Waals surface area (Å²) in [6.45, 7) is 3.46. The summed E-state index contributed by atoms with van der Waals surface area (Å²) in [6.07, 6.45) is 4.69. The number of aromatic nitrogens is 3. The molecular formula is C13H20N6. The maximum Gasteiger partial charge on any atom is 0.136 e. The second-order valence-corrected chi connectivity index (χ2v) is 4.45. The average molecular weight is 260 g/mol. The van der Waals surface area contributed by atoms with Gasteiger partial charge in [0.05, 0.1) is 5.69 Å². The molecule has 6 nitrogen and oxygen atoms in total. The van der Waals surface area contributed by atoms with Crippen molar-refractivity contribution in [1.82, 2.24) is 15.0 Å². The van der Waals surface area contributed by atoms with Crippen molar-refractivity contribution in [2.45, 2.75) is 13.3 Å². The van der Waals surface area contributed by atoms with Crippen molar-refractivity contribution in [2.75, 3.05) is 30.4 Å². The van der Waals surface area contributed by atoms with Gasteiger partial charge in [0, 0.05) is 32.1 Å². The number of hydrogen-bond donors (Lipinski definition) is 3. The lowest BCUT2D eigenvalue weighted by Crippen LogP contribution is -2.22. The molecule has 0 radical (unpaired) electrons. The normalized spacial score (nSPS) is 10.5. The van der Waals surface area contributed by atoms with E-state index in [9.17, 15) is 0 Å². The summed E-state index contributed by atoms with van der Waals surface area (Å²) in [6, 6.07) is 3.89. The van der Waals surface area contributed by atoms with Crippen molar-refractivity contribution < 1.29 is 0 Å². The molecule has 0 unspecified atom stereocenters. The van der Waals surface area contributed by atoms with Gasteiger partial charge < -0.3 is 20.9 Å². The molecule has 0 spiro atoms. The average Bonchev–Trinajstić information content (AvgIpc) is 2.88. The fourth-order valence-corrected chi connectivity index (χ4v) is 1.80. The monoisotopic (exact) mass is 260 g/mol. The lowest BCUT2D eigenvalue weighted by molar-refractivity contribution is 0.783. The topological polar surface area (TPSA) is 82.9 Å². The first-order valence-electron chi connectivity index (χ1n) is 6.36. The molecule has 0 fully saturated rings. The molecule has 0 saturated carbocycles. The van der Waals surface area contributed by atoms with E-state index in [0.717, 1.165) is 36.1 Å². The number of nitrogens with zero attached hydrogens (tertiary/aromatic N) is 3. The van der Waals surface area contributed by atoms with Crippen molar-refractivity contribution in [3.05, 3.63) is 30.4 Å². The summed E-state index contributed by atoms with van der Waals surface area (Å²) in [5.41, 5.74) is 6.51. The van der Waals surface area contributed by atoms with Crippen LogP contribution in [0.5, 0.6) is 0 Å². The Morgan fingerprint density at radius 2 is 2.26 bits per heavy atom. The van der Waals surface area contributed by atoms with Crippen LogP contribution in [0.3, 0.4) is 0 Å². The van der Waals surface area contributed by atoms with Gasteiger partial charge in [-0.25, -0.2) is 9.97 Å². The van der Waals surface area contributed by atoms with Gasteiger partial charge >= 0.3 is 0 Å². The van der Waals surface area contributed by atoms with E-state index in [-0.39, 0.29) is 0 Å². The summed E-state index contributed by atoms with van der Waals surface area (Å²) >= 11 is 0. The minimum Gasteiger partial charge on any atom is -0.366 e. The van der Waals surface area contributed by atoms with Gasteiger partial charge in [-0.2, -0.15) is 0 Å². The number of nitrogens with one attached hydrogen (secondary N) is 2. The van der Waals surface area contributed by atoms with Crippen LogP contribution in [0.1, 0.15) is 12.2 Å². The van der Waals surface area contributed by atoms with Crippen molar-refractivity contribution in [3.63, 3.8) is 0 Å². The first-order valence-corrected chi connectivity index (χ1v) is 6.36. The van der Waals surface area contributed by atoms with Crippen molar-refractivity contribution >= 4 is 17.3 Å². The smallest absolute Gasteiger partial charge is 0.136 e. The van der Waals surface area contributed by atoms with Gasteiger partial charge in [0.2, 0.25) is 0 Å². The Kier molecular flexibility index (Phi) is 4.35. The highest BCUT2D eigenvalue weighted by Gasteiger charge is 2.06. The van der Waals surface area contributed by atoms with E-state index >= 15 is 0 Å². The zero-order chi connectivity index (χ0) is 13.7. The molecule has 2 heterocycles. The van der Waals surface area contributed by atoms with Crippen molar-refractivity contribution in [1.29, 1.82) is 0 Å². The molecular weight excluding hydrogens is 240 g/mol. The highest BCUT2D eigenvalue weighted by molar-refractivity contribution is 5.58. The van der Waals surface area contributed by atoms with Gasteiger partial charge in [0.25, 0.3) is 0 Å². The number of aromatic amines is 1. The third-order valence-electron chi connectivity index (χ3n) is 2.78. The zero-order valence-electron chi connectivity index (χ0n) is 11.3. The van der Waals surface area contributed by atoms with Crippen LogP contribution in [0, 0.1) is 6.92 Å². The summed E-state index contributed by atoms with van der Waals surface area (Å²) in [5.74, 6) is 2.44. The highest BCUT2D eigenvalue weighted by atomic mass is 15.2. The third-order valence-corrected chi connectivity index (χ3v) is 2.78. The second kappa shape index (κ2) is 6.19. The number of anilines is 3. The van der Waals surface area contributed by atoms with E-state index < -0.39 is 0 Å². The Bertz CT molecular complexity index is 508. The van der Waals surface area contributed by atoms with Crippen LogP contribution in [0.15, 0.2) is 24.5 Å². The van der Waals surface area contributed by atoms with Crippen LogP contribution < -0.4 is 16.0 Å². The van der Waals surface area contributed by atoms with E-state index in [0.29, 0.717) is 6.54 Å². The molecule has 2 aromatic rings. The molecule has 0 atom stereocenters. The standard InChI is InChI=1S/C13H20N6/c1-10-16-12(18-11-4-6-15-9-11)8-13(17-10)19(2)7-3-5-14/h4,6,8-9,15H,3,5,7,14H2,1-2H3,(H,16,17,18). The van der Waals surface area contributed by atoms with Crippen LogP contribution in [-0.2, 0) is 0 Å². The molecule has 4 N–H and O–H groups in total. The van der Waals surface area contributed by atoms with E-state index in [1.165, 1.54) is 0 Å². The molecule has 6 heteroatoms. The molecule has 0 bridgehead atoms. The quantitative estimate of drug-likeness (QED) is 0.735. The first kappa shape index (κ1) is 13.4. The first-order chi connectivity index (χ1) is 9.19. The molecule has 0 saturated heterocycles. The van der Waals surface area contributed by atoms with Crippen LogP contribution in [0.2, 0.25) is 0 Å². The van der Waals surface area contributed by atoms with Gasteiger partial charge in [0.1, 0.15) is 17.5 Å². The minimum absolute atomic E-state index is 0.683. The fraction of sp³-hybridized carbons (Fsp3) is 0.385. The molecule has 0 amide bonds. The van der Waals surface area contributed by atoms with Gasteiger partial charge in [-0.3, -0.25) is 0 Å². The zero-order valence-corrected chi connectivity index (χ0v) is 11.3. The maximum atomic E-state index is 5.53. The predicted octanol–water partition coefficient (Wildman–Crippen LogP) is 1.64. The van der Waals surface area contributed by atoms with E-state index in [4.69, 9.17) is 5.73 Å². The summed E-state index contributed by atoms with van der Waals surface area (Å²) in [4.78, 5) is 13.9. The van der Waals surface area contributed by atoms with Gasteiger partial charge in [-0.1, -0.05) is 0 Å². The van der Waals surface area contributed by atoms with E-state index in [1.807, 2.05) is 38.5 Å². The lowest BCUT2D eigenvalue weighted by atomic mass is 10.3. The van der Waals surface area contributed by atoms with Crippen LogP contribution in [-0.4, -0.2) is 35.1 Å². The second-order valence-electron chi connectivity index (χ2n) is 4.45. The Morgan fingerprint density at radius 1 is 1.42 bits per heavy atom. The van der Waals surface area contributed by atoms with Crippen molar-refractivity contribution in [2.24, 2.45) is 5.73 Å². The Morgan fingerprint density at radius 3 is 2.95 bits per heavy atom. The van der Waals surface area contributed by atoms with Crippen molar-refractivity contribution in [3.8, 4) is 0 Å². The summed E-state index contributed by atoms with van der Waals surface area (Å²) in [5, 5.41) is 3.24. The Hall–Kier alpha value is -2.08. The largest absolute Gasteiger partial charge is 0.366 e. The number of nitrogens with two attached hydrogens (primary N) is 1. The molecule has 102 valence electrons. The molecule has 0 aliphatic carbocycles. The van der Waals surface area contributed by atoms with Gasteiger partial charge in [-0.05, 0) is 26.0 Å². The van der Waals surface area contributed by atoms with Crippen LogP contribution >= 0.6 is 0 Å². The summed E-state index contributed by atoms with van der Waals surface area (Å²) in [7, 11) is 2.01. The van der Waals surface area contributed by atoms with Gasteiger partial charge in [-0.15, -0.1) is 0 Å². The summed E-state index contributed by atoms with van der Waals surface area (Å²) < 4.78 is 0. The predicted molar refractivity (Wildman–Crippen MR) is 77.8 cm³/mol. The molecule has 0 aromatic carbocycles. The Balaban J connectivity index is 2.14. The molecule has 19 heavy (non-hydrogen) atoms.